The maximum absolute atomic E-state index is 12.7. The van der Waals surface area contributed by atoms with E-state index in [4.69, 9.17) is 0 Å². The van der Waals surface area contributed by atoms with Crippen molar-refractivity contribution in [2.45, 2.75) is 32.7 Å². The molecule has 10 nitrogen and oxygen atoms in total. The topological polar surface area (TPSA) is 114 Å². The van der Waals surface area contributed by atoms with Crippen LogP contribution >= 0.6 is 0 Å². The number of hydrogen-bond donors (Lipinski definition) is 2. The average Bonchev–Trinajstić information content (AvgIpc) is 3.51. The maximum Gasteiger partial charge on any atom is 0.326 e. The second-order valence-corrected chi connectivity index (χ2v) is 8.60. The fourth-order valence-electron chi connectivity index (χ4n) is 4.20. The number of aryl methyl sites for hydroxylation is 1. The van der Waals surface area contributed by atoms with Gasteiger partial charge >= 0.3 is 5.69 Å². The van der Waals surface area contributed by atoms with Crippen molar-refractivity contribution in [3.05, 3.63) is 46.9 Å². The molecule has 3 heterocycles. The van der Waals surface area contributed by atoms with Gasteiger partial charge in [-0.15, -0.1) is 0 Å². The zero-order valence-electron chi connectivity index (χ0n) is 18.9. The number of benzene rings is 1. The SMILES string of the molecule is CCCN(CCn1c(=O)[nH]c2ccccc21)c1ncnc2c1nc(C(=O)NCC1CC1)n2C. The fraction of sp³-hybridized carbons (Fsp3) is 0.435. The molecule has 0 aliphatic heterocycles. The lowest BCUT2D eigenvalue weighted by Crippen LogP contribution is -2.31. The van der Waals surface area contributed by atoms with E-state index in [1.54, 1.807) is 16.2 Å². The van der Waals surface area contributed by atoms with E-state index in [0.29, 0.717) is 48.4 Å². The Bertz CT molecular complexity index is 1360. The number of anilines is 1. The monoisotopic (exact) mass is 448 g/mol. The molecule has 0 spiro atoms. The van der Waals surface area contributed by atoms with Crippen molar-refractivity contribution < 1.29 is 4.79 Å². The first-order valence-corrected chi connectivity index (χ1v) is 11.4. The Labute approximate surface area is 190 Å². The number of imidazole rings is 2. The van der Waals surface area contributed by atoms with Crippen LogP contribution in [0.4, 0.5) is 5.82 Å². The van der Waals surface area contributed by atoms with Gasteiger partial charge in [0.25, 0.3) is 5.91 Å². The molecule has 1 saturated carbocycles. The summed E-state index contributed by atoms with van der Waals surface area (Å²) in [6, 6.07) is 7.66. The highest BCUT2D eigenvalue weighted by atomic mass is 16.2. The molecule has 0 saturated heterocycles. The fourth-order valence-corrected chi connectivity index (χ4v) is 4.20. The Morgan fingerprint density at radius 2 is 2.06 bits per heavy atom. The van der Waals surface area contributed by atoms with Gasteiger partial charge in [0.15, 0.2) is 17.0 Å². The van der Waals surface area contributed by atoms with Gasteiger partial charge in [0.1, 0.15) is 6.33 Å². The number of fused-ring (bicyclic) bond motifs is 2. The molecular formula is C23H28N8O2. The van der Waals surface area contributed by atoms with Crippen LogP contribution in [-0.2, 0) is 13.6 Å². The number of H-pyrrole nitrogens is 1. The normalized spacial score (nSPS) is 13.6. The van der Waals surface area contributed by atoms with Crippen molar-refractivity contribution in [1.82, 2.24) is 34.4 Å². The summed E-state index contributed by atoms with van der Waals surface area (Å²) in [5.41, 5.74) is 2.77. The van der Waals surface area contributed by atoms with Crippen LogP contribution in [0.15, 0.2) is 35.4 Å². The minimum absolute atomic E-state index is 0.132. The lowest BCUT2D eigenvalue weighted by molar-refractivity contribution is 0.0939. The summed E-state index contributed by atoms with van der Waals surface area (Å²) in [7, 11) is 1.80. The largest absolute Gasteiger partial charge is 0.353 e. The van der Waals surface area contributed by atoms with Crippen molar-refractivity contribution in [3.63, 3.8) is 0 Å². The van der Waals surface area contributed by atoms with Gasteiger partial charge in [-0.25, -0.2) is 19.7 Å². The molecule has 0 bridgehead atoms. The second-order valence-electron chi connectivity index (χ2n) is 8.60. The average molecular weight is 449 g/mol. The van der Waals surface area contributed by atoms with E-state index in [9.17, 15) is 9.59 Å². The van der Waals surface area contributed by atoms with Crippen molar-refractivity contribution in [1.29, 1.82) is 0 Å². The molecular weight excluding hydrogens is 420 g/mol. The predicted octanol–water partition coefficient (Wildman–Crippen LogP) is 2.06. The molecule has 4 aromatic rings. The predicted molar refractivity (Wildman–Crippen MR) is 126 cm³/mol. The zero-order valence-corrected chi connectivity index (χ0v) is 18.9. The minimum atomic E-state index is -0.194. The van der Waals surface area contributed by atoms with Crippen molar-refractivity contribution in [2.75, 3.05) is 24.5 Å². The third-order valence-corrected chi connectivity index (χ3v) is 6.16. The van der Waals surface area contributed by atoms with Crippen LogP contribution in [0.1, 0.15) is 36.8 Å². The molecule has 3 aromatic heterocycles. The number of aromatic nitrogens is 6. The van der Waals surface area contributed by atoms with E-state index in [-0.39, 0.29) is 11.6 Å². The minimum Gasteiger partial charge on any atom is -0.353 e. The number of carbonyl (C=O) groups is 1. The summed E-state index contributed by atoms with van der Waals surface area (Å²) in [6.07, 6.45) is 4.75. The number of hydrogen-bond acceptors (Lipinski definition) is 6. The summed E-state index contributed by atoms with van der Waals surface area (Å²) in [5.74, 6) is 1.40. The van der Waals surface area contributed by atoms with Gasteiger partial charge in [0.05, 0.1) is 11.0 Å². The van der Waals surface area contributed by atoms with Crippen molar-refractivity contribution in [2.24, 2.45) is 13.0 Å². The van der Waals surface area contributed by atoms with Gasteiger partial charge in [-0.1, -0.05) is 19.1 Å². The Balaban J connectivity index is 1.44. The van der Waals surface area contributed by atoms with Gasteiger partial charge in [0.2, 0.25) is 5.82 Å². The standard InChI is InChI=1S/C23H28N8O2/c1-3-10-30(11-12-31-17-7-5-4-6-16(17)27-23(31)33)20-18-19(25-14-26-20)29(2)21(28-18)22(32)24-13-15-8-9-15/h4-7,14-15H,3,8-13H2,1-2H3,(H,24,32)(H,27,33). The quantitative estimate of drug-likeness (QED) is 0.405. The van der Waals surface area contributed by atoms with Crippen LogP contribution in [-0.4, -0.2) is 54.6 Å². The lowest BCUT2D eigenvalue weighted by Gasteiger charge is -2.23. The Kier molecular flexibility index (Phi) is 5.57. The second kappa shape index (κ2) is 8.68. The van der Waals surface area contributed by atoms with Crippen LogP contribution in [0, 0.1) is 5.92 Å². The van der Waals surface area contributed by atoms with Crippen LogP contribution in [0.3, 0.4) is 0 Å². The van der Waals surface area contributed by atoms with Gasteiger partial charge in [-0.3, -0.25) is 9.36 Å². The lowest BCUT2D eigenvalue weighted by atomic mass is 10.3. The maximum atomic E-state index is 12.7. The zero-order chi connectivity index (χ0) is 22.9. The first-order valence-electron chi connectivity index (χ1n) is 11.4. The number of nitrogens with one attached hydrogen (secondary N) is 2. The first kappa shape index (κ1) is 21.2. The molecule has 1 fully saturated rings. The smallest absolute Gasteiger partial charge is 0.326 e. The number of nitrogens with zero attached hydrogens (tertiary/aromatic N) is 6. The number of amides is 1. The van der Waals surface area contributed by atoms with E-state index in [1.807, 2.05) is 24.3 Å². The summed E-state index contributed by atoms with van der Waals surface area (Å²) in [5, 5.41) is 2.98. The molecule has 1 aliphatic carbocycles. The first-order chi connectivity index (χ1) is 16.1. The molecule has 1 aliphatic rings. The molecule has 0 atom stereocenters. The van der Waals surface area contributed by atoms with Crippen LogP contribution in [0.5, 0.6) is 0 Å². The number of rotatable bonds is 9. The van der Waals surface area contributed by atoms with Gasteiger partial charge in [-0.2, -0.15) is 0 Å². The van der Waals surface area contributed by atoms with E-state index in [2.05, 4.69) is 37.1 Å². The Hall–Kier alpha value is -3.69. The molecule has 5 rings (SSSR count). The summed E-state index contributed by atoms with van der Waals surface area (Å²) in [6.45, 7) is 4.58. The molecule has 1 amide bonds. The van der Waals surface area contributed by atoms with E-state index in [0.717, 1.165) is 24.0 Å². The molecule has 0 unspecified atom stereocenters. The van der Waals surface area contributed by atoms with Gasteiger partial charge in [-0.05, 0) is 37.3 Å². The molecule has 172 valence electrons. The molecule has 1 aromatic carbocycles. The number of carbonyl (C=O) groups excluding carboxylic acids is 1. The summed E-state index contributed by atoms with van der Waals surface area (Å²) < 4.78 is 3.46. The molecule has 2 N–H and O–H groups in total. The van der Waals surface area contributed by atoms with E-state index >= 15 is 0 Å². The van der Waals surface area contributed by atoms with Gasteiger partial charge < -0.3 is 19.8 Å². The van der Waals surface area contributed by atoms with Crippen molar-refractivity contribution in [3.8, 4) is 0 Å². The molecule has 0 radical (unpaired) electrons. The third-order valence-electron chi connectivity index (χ3n) is 6.16. The number of para-hydroxylation sites is 2. The highest BCUT2D eigenvalue weighted by Gasteiger charge is 2.25. The summed E-state index contributed by atoms with van der Waals surface area (Å²) >= 11 is 0. The highest BCUT2D eigenvalue weighted by molar-refractivity contribution is 5.96. The van der Waals surface area contributed by atoms with E-state index < -0.39 is 0 Å². The molecule has 10 heteroatoms. The molecule has 33 heavy (non-hydrogen) atoms. The number of aromatic amines is 1. The Morgan fingerprint density at radius 3 is 2.85 bits per heavy atom. The van der Waals surface area contributed by atoms with E-state index in [1.165, 1.54) is 19.2 Å². The van der Waals surface area contributed by atoms with Crippen LogP contribution in [0.25, 0.3) is 22.2 Å². The van der Waals surface area contributed by atoms with Crippen molar-refractivity contribution >= 4 is 33.9 Å². The Morgan fingerprint density at radius 1 is 1.24 bits per heavy atom. The van der Waals surface area contributed by atoms with Gasteiger partial charge in [0, 0.05) is 33.2 Å². The van der Waals surface area contributed by atoms with Crippen LogP contribution < -0.4 is 15.9 Å². The third kappa shape index (κ3) is 4.08. The highest BCUT2D eigenvalue weighted by Crippen LogP contribution is 2.28. The van der Waals surface area contributed by atoms with Crippen LogP contribution in [0.2, 0.25) is 0 Å². The summed E-state index contributed by atoms with van der Waals surface area (Å²) in [4.78, 5) is 43.8.